The summed E-state index contributed by atoms with van der Waals surface area (Å²) in [5.74, 6) is 0. The maximum atomic E-state index is 5.25. The average Bonchev–Trinajstić information content (AvgIpc) is 1.46. The van der Waals surface area contributed by atoms with Crippen molar-refractivity contribution >= 4 is 0 Å². The predicted molar refractivity (Wildman–Crippen MR) is 23.8 cm³/mol. The van der Waals surface area contributed by atoms with Gasteiger partial charge in [-0.3, -0.25) is 0 Å². The van der Waals surface area contributed by atoms with E-state index in [4.69, 9.17) is 6.42 Å². The maximum absolute atomic E-state index is 5.25. The molecule has 0 aliphatic rings. The molecule has 0 aromatic rings. The summed E-state index contributed by atoms with van der Waals surface area (Å²) < 4.78 is 0. The summed E-state index contributed by atoms with van der Waals surface area (Å²) >= 11 is 0. The predicted octanol–water partition coefficient (Wildman–Crippen LogP) is 1.43. The molecule has 6 heavy (non-hydrogen) atoms. The molecule has 0 aromatic carbocycles. The zero-order chi connectivity index (χ0) is 4.71. The molecule has 0 aromatic heterocycles. The molecule has 0 heterocycles. The Morgan fingerprint density at radius 1 is 1.67 bits per heavy atom. The van der Waals surface area contributed by atoms with Crippen LogP contribution in [-0.2, 0) is 22.4 Å². The third-order valence-electron chi connectivity index (χ3n) is 0. The fourth-order valence-electron chi connectivity index (χ4n) is 0. The fourth-order valence-corrected chi connectivity index (χ4v) is 0. The van der Waals surface area contributed by atoms with Crippen molar-refractivity contribution in [2.24, 2.45) is 0 Å². The minimum absolute atomic E-state index is 0. The first-order valence-electron chi connectivity index (χ1n) is 1.50. The zero-order valence-electron chi connectivity index (χ0n) is 3.79. The molecule has 0 amide bonds. The van der Waals surface area contributed by atoms with Gasteiger partial charge in [0.1, 0.15) is 0 Å². The van der Waals surface area contributed by atoms with Gasteiger partial charge in [-0.15, -0.1) is 0 Å². The molecule has 0 aliphatic carbocycles. The molecule has 0 fully saturated rings. The quantitative estimate of drug-likeness (QED) is 0.353. The number of hydrogen-bond acceptors (Lipinski definition) is 0. The van der Waals surface area contributed by atoms with Crippen LogP contribution in [0.4, 0.5) is 0 Å². The van der Waals surface area contributed by atoms with Gasteiger partial charge in [0.25, 0.3) is 0 Å². The Kier molecular flexibility index (Phi) is 157. The molecule has 1 radical (unpaired) electrons. The molecule has 0 unspecified atom stereocenters. The fraction of sp³-hybridized carbons (Fsp3) is 0.400. The van der Waals surface area contributed by atoms with Crippen LogP contribution in [0.3, 0.4) is 0 Å². The molecule has 0 nitrogen and oxygen atoms in total. The van der Waals surface area contributed by atoms with Crippen molar-refractivity contribution in [3.63, 3.8) is 0 Å². The van der Waals surface area contributed by atoms with Crippen LogP contribution in [0.15, 0.2) is 0 Å². The van der Waals surface area contributed by atoms with E-state index in [-0.39, 0.29) is 22.4 Å². The summed E-state index contributed by atoms with van der Waals surface area (Å²) in [7, 11) is 0. The smallest absolute Gasteiger partial charge is 0 e. The Bertz CT molecular complexity index is 15.1. The van der Waals surface area contributed by atoms with E-state index in [0.29, 0.717) is 0 Å². The van der Waals surface area contributed by atoms with Gasteiger partial charge in [-0.05, 0) is 0 Å². The molecule has 0 N–H and O–H groups in total. The van der Waals surface area contributed by atoms with E-state index in [1.165, 1.54) is 0 Å². The SMILES string of the molecule is [Au].[C-]#C.[CH2-]CC. The second-order valence-corrected chi connectivity index (χ2v) is 0.500. The number of terminal acetylenes is 1. The Labute approximate surface area is 55.8 Å². The van der Waals surface area contributed by atoms with Gasteiger partial charge in [0.05, 0.1) is 0 Å². The minimum Gasteiger partial charge on any atom is -0.697 e. The third kappa shape index (κ3) is 520. The van der Waals surface area contributed by atoms with Crippen molar-refractivity contribution in [3.8, 4) is 6.42 Å². The van der Waals surface area contributed by atoms with Crippen LogP contribution in [0, 0.1) is 19.8 Å². The third-order valence-corrected chi connectivity index (χ3v) is 0. The summed E-state index contributed by atoms with van der Waals surface area (Å²) in [6.45, 7) is 5.50. The van der Waals surface area contributed by atoms with Gasteiger partial charge < -0.3 is 19.8 Å². The van der Waals surface area contributed by atoms with E-state index in [1.54, 1.807) is 0 Å². The Balaban J connectivity index is -0.0000000275. The van der Waals surface area contributed by atoms with Gasteiger partial charge in [0.2, 0.25) is 0 Å². The first-order chi connectivity index (χ1) is 2.41. The van der Waals surface area contributed by atoms with E-state index in [9.17, 15) is 0 Å². The topological polar surface area (TPSA) is 0 Å². The van der Waals surface area contributed by atoms with Crippen molar-refractivity contribution in [2.75, 3.05) is 0 Å². The molecule has 0 spiro atoms. The number of rotatable bonds is 0. The van der Waals surface area contributed by atoms with Gasteiger partial charge in [-0.2, -0.15) is 6.42 Å². The van der Waals surface area contributed by atoms with E-state index in [2.05, 4.69) is 13.3 Å². The monoisotopic (exact) mass is 265 g/mol. The Morgan fingerprint density at radius 2 is 1.67 bits per heavy atom. The zero-order valence-corrected chi connectivity index (χ0v) is 5.96. The Hall–Kier alpha value is 0.300. The van der Waals surface area contributed by atoms with Crippen molar-refractivity contribution in [3.05, 3.63) is 13.3 Å². The van der Waals surface area contributed by atoms with Crippen molar-refractivity contribution < 1.29 is 22.4 Å². The second-order valence-electron chi connectivity index (χ2n) is 0.500. The summed E-state index contributed by atoms with van der Waals surface area (Å²) in [4.78, 5) is 0. The van der Waals surface area contributed by atoms with Crippen LogP contribution in [0.2, 0.25) is 0 Å². The van der Waals surface area contributed by atoms with Gasteiger partial charge in [-0.1, -0.05) is 6.92 Å². The standard InChI is InChI=1S/C3H7.C2H.Au/c1-3-2;1-2;/h1,3H2,2H3;1H;/q2*-1;. The summed E-state index contributed by atoms with van der Waals surface area (Å²) in [6, 6.07) is 0. The first kappa shape index (κ1) is 16.3. The van der Waals surface area contributed by atoms with E-state index < -0.39 is 0 Å². The second kappa shape index (κ2) is 58.0. The minimum atomic E-state index is 0. The Morgan fingerprint density at radius 3 is 1.67 bits per heavy atom. The average molecular weight is 265 g/mol. The van der Waals surface area contributed by atoms with E-state index >= 15 is 0 Å². The summed E-state index contributed by atoms with van der Waals surface area (Å²) in [5, 5.41) is 0. The molecular formula is C5H8Au-2. The largest absolute Gasteiger partial charge is 0.697 e. The molecule has 0 rings (SSSR count). The van der Waals surface area contributed by atoms with Crippen LogP contribution in [-0.4, -0.2) is 0 Å². The number of hydrogen-bond donors (Lipinski definition) is 0. The van der Waals surface area contributed by atoms with Gasteiger partial charge in [-0.25, -0.2) is 0 Å². The molecule has 41 valence electrons. The van der Waals surface area contributed by atoms with Crippen LogP contribution in [0.1, 0.15) is 13.3 Å². The summed E-state index contributed by atoms with van der Waals surface area (Å²) in [6.07, 6.45) is 10.0. The normalized spacial score (nSPS) is 3.33. The molecular weight excluding hydrogens is 257 g/mol. The van der Waals surface area contributed by atoms with E-state index in [0.717, 1.165) is 6.42 Å². The molecule has 0 aliphatic heterocycles. The molecule has 0 bridgehead atoms. The molecule has 1 heteroatoms. The van der Waals surface area contributed by atoms with Crippen LogP contribution in [0.25, 0.3) is 0 Å². The maximum Gasteiger partial charge on any atom is 0 e. The van der Waals surface area contributed by atoms with Gasteiger partial charge in [0.15, 0.2) is 0 Å². The van der Waals surface area contributed by atoms with Crippen LogP contribution in [0.5, 0.6) is 0 Å². The van der Waals surface area contributed by atoms with Crippen LogP contribution < -0.4 is 0 Å². The van der Waals surface area contributed by atoms with E-state index in [1.807, 2.05) is 6.92 Å². The van der Waals surface area contributed by atoms with Crippen molar-refractivity contribution in [2.45, 2.75) is 13.3 Å². The molecule has 0 atom stereocenters. The molecule has 0 saturated heterocycles. The van der Waals surface area contributed by atoms with Gasteiger partial charge in [0, 0.05) is 22.4 Å². The van der Waals surface area contributed by atoms with Gasteiger partial charge >= 0.3 is 0 Å². The molecule has 0 saturated carbocycles. The summed E-state index contributed by atoms with van der Waals surface area (Å²) in [5.41, 5.74) is 0. The van der Waals surface area contributed by atoms with Crippen LogP contribution >= 0.6 is 0 Å². The first-order valence-corrected chi connectivity index (χ1v) is 1.50. The van der Waals surface area contributed by atoms with Crippen molar-refractivity contribution in [1.82, 2.24) is 0 Å². The van der Waals surface area contributed by atoms with Crippen molar-refractivity contribution in [1.29, 1.82) is 0 Å².